The van der Waals surface area contributed by atoms with Crippen LogP contribution < -0.4 is 9.64 Å². The van der Waals surface area contributed by atoms with Crippen LogP contribution in [-0.2, 0) is 16.1 Å². The highest BCUT2D eigenvalue weighted by atomic mass is 19.1. The van der Waals surface area contributed by atoms with Gasteiger partial charge in [-0.3, -0.25) is 9.59 Å². The summed E-state index contributed by atoms with van der Waals surface area (Å²) in [6.45, 7) is 7.77. The molecule has 1 N–H and O–H groups in total. The molecule has 0 bridgehead atoms. The molecule has 3 aromatic carbocycles. The molecule has 0 aliphatic carbocycles. The molecule has 1 amide bonds. The smallest absolute Gasteiger partial charge is 0.295 e. The normalized spacial score (nSPS) is 16.8. The van der Waals surface area contributed by atoms with Crippen LogP contribution in [0.5, 0.6) is 5.75 Å². The van der Waals surface area contributed by atoms with Gasteiger partial charge in [-0.05, 0) is 68.3 Å². The third kappa shape index (κ3) is 5.07. The number of benzene rings is 3. The molecule has 0 spiro atoms. The lowest BCUT2D eigenvalue weighted by atomic mass is 9.94. The molecule has 192 valence electrons. The van der Waals surface area contributed by atoms with Crippen LogP contribution in [0.3, 0.4) is 0 Å². The second-order valence-electron chi connectivity index (χ2n) is 9.02. The van der Waals surface area contributed by atoms with E-state index in [2.05, 4.69) is 18.7 Å². The molecule has 4 rings (SSSR count). The van der Waals surface area contributed by atoms with Gasteiger partial charge in [0, 0.05) is 25.3 Å². The predicted molar refractivity (Wildman–Crippen MR) is 142 cm³/mol. The van der Waals surface area contributed by atoms with Gasteiger partial charge < -0.3 is 19.6 Å². The average molecular weight is 503 g/mol. The number of anilines is 1. The Morgan fingerprint density at radius 2 is 1.65 bits per heavy atom. The maximum absolute atomic E-state index is 13.5. The van der Waals surface area contributed by atoms with E-state index in [1.165, 1.54) is 24.1 Å². The monoisotopic (exact) mass is 502 g/mol. The number of likely N-dealkylation sites (tertiary alicyclic amines) is 1. The summed E-state index contributed by atoms with van der Waals surface area (Å²) in [5.41, 5.74) is 3.57. The zero-order chi connectivity index (χ0) is 26.7. The number of aliphatic hydroxyl groups excluding tert-OH is 1. The lowest BCUT2D eigenvalue weighted by Crippen LogP contribution is -2.29. The van der Waals surface area contributed by atoms with Crippen LogP contribution in [-0.4, -0.2) is 41.9 Å². The number of hydrogen-bond donors (Lipinski definition) is 1. The number of ether oxygens (including phenoxy) is 1. The Kier molecular flexibility index (Phi) is 7.62. The first-order valence-corrected chi connectivity index (χ1v) is 12.3. The van der Waals surface area contributed by atoms with Gasteiger partial charge in [-0.25, -0.2) is 4.39 Å². The van der Waals surface area contributed by atoms with Gasteiger partial charge in [0.15, 0.2) is 0 Å². The number of carbonyl (C=O) groups excluding carboxylic acids is 2. The van der Waals surface area contributed by atoms with Crippen LogP contribution in [0, 0.1) is 12.7 Å². The molecular formula is C30H31FN2O4. The molecule has 3 aromatic rings. The van der Waals surface area contributed by atoms with Crippen molar-refractivity contribution in [3.05, 3.63) is 100 Å². The lowest BCUT2D eigenvalue weighted by Gasteiger charge is -2.27. The van der Waals surface area contributed by atoms with Crippen molar-refractivity contribution >= 4 is 23.1 Å². The first kappa shape index (κ1) is 25.9. The van der Waals surface area contributed by atoms with Gasteiger partial charge in [-0.1, -0.05) is 35.9 Å². The maximum atomic E-state index is 13.5. The number of aliphatic hydroxyl groups is 1. The lowest BCUT2D eigenvalue weighted by molar-refractivity contribution is -0.140. The van der Waals surface area contributed by atoms with Gasteiger partial charge >= 0.3 is 0 Å². The van der Waals surface area contributed by atoms with Crippen molar-refractivity contribution in [1.29, 1.82) is 0 Å². The Bertz CT molecular complexity index is 1330. The summed E-state index contributed by atoms with van der Waals surface area (Å²) in [5, 5.41) is 11.5. The number of rotatable bonds is 8. The van der Waals surface area contributed by atoms with E-state index in [0.717, 1.165) is 24.3 Å². The largest absolute Gasteiger partial charge is 0.507 e. The zero-order valence-corrected chi connectivity index (χ0v) is 21.5. The van der Waals surface area contributed by atoms with Crippen molar-refractivity contribution in [3.63, 3.8) is 0 Å². The number of aryl methyl sites for hydroxylation is 1. The molecular weight excluding hydrogens is 471 g/mol. The summed E-state index contributed by atoms with van der Waals surface area (Å²) in [6.07, 6.45) is 0. The number of carbonyl (C=O) groups is 2. The number of nitrogens with zero attached hydrogens (tertiary/aromatic N) is 2. The fourth-order valence-electron chi connectivity index (χ4n) is 4.78. The van der Waals surface area contributed by atoms with Crippen molar-refractivity contribution in [1.82, 2.24) is 4.90 Å². The molecule has 1 unspecified atom stereocenters. The highest BCUT2D eigenvalue weighted by molar-refractivity contribution is 6.46. The Hall–Kier alpha value is -4.13. The van der Waals surface area contributed by atoms with E-state index in [1.54, 1.807) is 24.3 Å². The molecule has 1 saturated heterocycles. The highest BCUT2D eigenvalue weighted by Gasteiger charge is 2.46. The van der Waals surface area contributed by atoms with Gasteiger partial charge in [0.25, 0.3) is 11.7 Å². The number of hydrogen-bond acceptors (Lipinski definition) is 5. The van der Waals surface area contributed by atoms with Crippen molar-refractivity contribution < 1.29 is 23.8 Å². The fraction of sp³-hybridized carbons (Fsp3) is 0.267. The van der Waals surface area contributed by atoms with E-state index in [0.29, 0.717) is 22.4 Å². The molecule has 37 heavy (non-hydrogen) atoms. The first-order valence-electron chi connectivity index (χ1n) is 12.3. The molecule has 0 saturated carbocycles. The minimum atomic E-state index is -0.832. The van der Waals surface area contributed by atoms with Crippen LogP contribution in [0.25, 0.3) is 5.76 Å². The van der Waals surface area contributed by atoms with Crippen LogP contribution in [0.1, 0.15) is 42.1 Å². The zero-order valence-electron chi connectivity index (χ0n) is 21.5. The molecule has 1 atom stereocenters. The summed E-state index contributed by atoms with van der Waals surface area (Å²) in [6, 6.07) is 17.9. The molecule has 1 aliphatic rings. The van der Waals surface area contributed by atoms with Crippen LogP contribution in [0.4, 0.5) is 10.1 Å². The molecule has 6 nitrogen and oxygen atoms in total. The van der Waals surface area contributed by atoms with E-state index in [-0.39, 0.29) is 23.7 Å². The Morgan fingerprint density at radius 3 is 2.24 bits per heavy atom. The Morgan fingerprint density at radius 1 is 1.00 bits per heavy atom. The number of methoxy groups -OCH3 is 1. The van der Waals surface area contributed by atoms with Crippen LogP contribution in [0.2, 0.25) is 0 Å². The average Bonchev–Trinajstić information content (AvgIpc) is 3.15. The molecule has 1 aliphatic heterocycles. The van der Waals surface area contributed by atoms with Crippen molar-refractivity contribution in [2.45, 2.75) is 33.4 Å². The van der Waals surface area contributed by atoms with Gasteiger partial charge in [-0.2, -0.15) is 0 Å². The van der Waals surface area contributed by atoms with E-state index in [9.17, 15) is 19.1 Å². The molecule has 1 fully saturated rings. The highest BCUT2D eigenvalue weighted by Crippen LogP contribution is 2.42. The van der Waals surface area contributed by atoms with Crippen molar-refractivity contribution in [3.8, 4) is 5.75 Å². The number of amides is 1. The van der Waals surface area contributed by atoms with E-state index in [1.807, 2.05) is 37.3 Å². The third-order valence-corrected chi connectivity index (χ3v) is 6.75. The van der Waals surface area contributed by atoms with E-state index in [4.69, 9.17) is 4.74 Å². The van der Waals surface area contributed by atoms with E-state index >= 15 is 0 Å². The molecule has 7 heteroatoms. The summed E-state index contributed by atoms with van der Waals surface area (Å²) < 4.78 is 19.0. The Balaban J connectivity index is 1.87. The third-order valence-electron chi connectivity index (χ3n) is 6.75. The van der Waals surface area contributed by atoms with Gasteiger partial charge in [-0.15, -0.1) is 0 Å². The quantitative estimate of drug-likeness (QED) is 0.246. The van der Waals surface area contributed by atoms with Crippen LogP contribution in [0.15, 0.2) is 72.3 Å². The first-order chi connectivity index (χ1) is 17.8. The SMILES string of the molecule is CCN(CC)c1ccc(C2/C(=C(\O)c3cc(C)ccc3OC)C(=O)C(=O)N2Cc2ccc(F)cc2)cc1. The minimum Gasteiger partial charge on any atom is -0.507 e. The summed E-state index contributed by atoms with van der Waals surface area (Å²) in [4.78, 5) is 30.3. The van der Waals surface area contributed by atoms with Crippen LogP contribution >= 0.6 is 0 Å². The summed E-state index contributed by atoms with van der Waals surface area (Å²) in [7, 11) is 1.48. The van der Waals surface area contributed by atoms with Crippen molar-refractivity contribution in [2.75, 3.05) is 25.1 Å². The summed E-state index contributed by atoms with van der Waals surface area (Å²) in [5.74, 6) is -1.79. The van der Waals surface area contributed by atoms with Crippen molar-refractivity contribution in [2.24, 2.45) is 0 Å². The number of halogens is 1. The minimum absolute atomic E-state index is 0.00778. The van der Waals surface area contributed by atoms with Gasteiger partial charge in [0.2, 0.25) is 0 Å². The van der Waals surface area contributed by atoms with E-state index < -0.39 is 17.7 Å². The topological polar surface area (TPSA) is 70.1 Å². The molecule has 0 radical (unpaired) electrons. The molecule has 1 heterocycles. The predicted octanol–water partition coefficient (Wildman–Crippen LogP) is 5.61. The standard InChI is InChI=1S/C30H31FN2O4/c1-5-32(6-2)23-14-10-21(11-15-23)27-26(28(34)24-17-19(3)7-16-25(24)37-4)29(35)30(36)33(27)18-20-8-12-22(31)13-9-20/h7-17,27,34H,5-6,18H2,1-4H3/b28-26+. The maximum Gasteiger partial charge on any atom is 0.295 e. The Labute approximate surface area is 216 Å². The fourth-order valence-corrected chi connectivity index (χ4v) is 4.78. The second kappa shape index (κ2) is 10.9. The number of ketones is 1. The molecule has 0 aromatic heterocycles. The van der Waals surface area contributed by atoms with Gasteiger partial charge in [0.1, 0.15) is 17.3 Å². The second-order valence-corrected chi connectivity index (χ2v) is 9.02. The van der Waals surface area contributed by atoms with Gasteiger partial charge in [0.05, 0.1) is 24.3 Å². The number of Topliss-reactive ketones (excluding diaryl/α,β-unsaturated/α-hetero) is 1. The summed E-state index contributed by atoms with van der Waals surface area (Å²) >= 11 is 0.